The highest BCUT2D eigenvalue weighted by molar-refractivity contribution is 4.75. The normalized spacial score (nSPS) is 21.8. The van der Waals surface area contributed by atoms with Gasteiger partial charge >= 0.3 is 0 Å². The molecule has 0 aliphatic carbocycles. The zero-order chi connectivity index (χ0) is 11.1. The highest BCUT2D eigenvalue weighted by Gasteiger charge is 2.21. The SMILES string of the molecule is CCCCCCN1CCC([C@H](C)O)CC1. The van der Waals surface area contributed by atoms with E-state index in [0.29, 0.717) is 5.92 Å². The predicted molar refractivity (Wildman–Crippen MR) is 65.0 cm³/mol. The highest BCUT2D eigenvalue weighted by atomic mass is 16.3. The lowest BCUT2D eigenvalue weighted by Crippen LogP contribution is -2.37. The summed E-state index contributed by atoms with van der Waals surface area (Å²) in [4.78, 5) is 2.56. The molecule has 0 aromatic heterocycles. The zero-order valence-electron chi connectivity index (χ0n) is 10.4. The maximum absolute atomic E-state index is 9.49. The molecule has 0 aromatic carbocycles. The summed E-state index contributed by atoms with van der Waals surface area (Å²) in [6.07, 6.45) is 7.71. The van der Waals surface area contributed by atoms with Crippen LogP contribution in [0.1, 0.15) is 52.4 Å². The molecule has 0 aromatic rings. The van der Waals surface area contributed by atoms with E-state index in [2.05, 4.69) is 11.8 Å². The summed E-state index contributed by atoms with van der Waals surface area (Å²) in [5.74, 6) is 0.553. The van der Waals surface area contributed by atoms with Gasteiger partial charge in [0, 0.05) is 0 Å². The molecule has 0 spiro atoms. The Morgan fingerprint density at radius 3 is 2.40 bits per heavy atom. The first-order valence-corrected chi connectivity index (χ1v) is 6.64. The minimum Gasteiger partial charge on any atom is -0.393 e. The Bertz CT molecular complexity index is 151. The number of piperidine rings is 1. The fourth-order valence-corrected chi connectivity index (χ4v) is 2.42. The van der Waals surface area contributed by atoms with Crippen molar-refractivity contribution >= 4 is 0 Å². The van der Waals surface area contributed by atoms with Crippen molar-refractivity contribution in [2.45, 2.75) is 58.5 Å². The molecule has 2 nitrogen and oxygen atoms in total. The smallest absolute Gasteiger partial charge is 0.0541 e. The molecule has 0 bridgehead atoms. The molecule has 1 heterocycles. The van der Waals surface area contributed by atoms with E-state index >= 15 is 0 Å². The zero-order valence-corrected chi connectivity index (χ0v) is 10.4. The van der Waals surface area contributed by atoms with Gasteiger partial charge in [0.05, 0.1) is 6.10 Å². The van der Waals surface area contributed by atoms with Crippen LogP contribution in [0.5, 0.6) is 0 Å². The van der Waals surface area contributed by atoms with Gasteiger partial charge in [-0.05, 0) is 51.7 Å². The molecule has 0 radical (unpaired) electrons. The number of aliphatic hydroxyl groups excluding tert-OH is 1. The topological polar surface area (TPSA) is 23.5 Å². The van der Waals surface area contributed by atoms with E-state index in [-0.39, 0.29) is 6.10 Å². The van der Waals surface area contributed by atoms with Crippen molar-refractivity contribution < 1.29 is 5.11 Å². The Kier molecular flexibility index (Phi) is 6.26. The lowest BCUT2D eigenvalue weighted by Gasteiger charge is -2.33. The van der Waals surface area contributed by atoms with E-state index in [1.807, 2.05) is 6.92 Å². The van der Waals surface area contributed by atoms with Crippen LogP contribution in [0.2, 0.25) is 0 Å². The lowest BCUT2D eigenvalue weighted by molar-refractivity contribution is 0.0713. The van der Waals surface area contributed by atoms with Crippen LogP contribution in [0, 0.1) is 5.92 Å². The molecule has 1 rings (SSSR count). The molecule has 90 valence electrons. The molecule has 15 heavy (non-hydrogen) atoms. The van der Waals surface area contributed by atoms with Crippen molar-refractivity contribution in [3.8, 4) is 0 Å². The summed E-state index contributed by atoms with van der Waals surface area (Å²) >= 11 is 0. The number of unbranched alkanes of at least 4 members (excludes halogenated alkanes) is 3. The maximum Gasteiger partial charge on any atom is 0.0541 e. The molecular weight excluding hydrogens is 186 g/mol. The molecule has 2 heteroatoms. The van der Waals surface area contributed by atoms with Gasteiger partial charge in [0.15, 0.2) is 0 Å². The Labute approximate surface area is 94.7 Å². The maximum atomic E-state index is 9.49. The van der Waals surface area contributed by atoms with Crippen molar-refractivity contribution in [2.75, 3.05) is 19.6 Å². The lowest BCUT2D eigenvalue weighted by atomic mass is 9.92. The number of rotatable bonds is 6. The van der Waals surface area contributed by atoms with Crippen LogP contribution in [0.3, 0.4) is 0 Å². The summed E-state index contributed by atoms with van der Waals surface area (Å²) < 4.78 is 0. The van der Waals surface area contributed by atoms with E-state index in [9.17, 15) is 5.11 Å². The van der Waals surface area contributed by atoms with E-state index < -0.39 is 0 Å². The Morgan fingerprint density at radius 2 is 1.87 bits per heavy atom. The largest absolute Gasteiger partial charge is 0.393 e. The third-order valence-corrected chi connectivity index (χ3v) is 3.64. The number of nitrogens with zero attached hydrogens (tertiary/aromatic N) is 1. The van der Waals surface area contributed by atoms with Gasteiger partial charge in [-0.3, -0.25) is 0 Å². The summed E-state index contributed by atoms with van der Waals surface area (Å²) in [7, 11) is 0. The molecule has 0 saturated carbocycles. The third kappa shape index (κ3) is 4.98. The van der Waals surface area contributed by atoms with E-state index in [4.69, 9.17) is 0 Å². The first-order chi connectivity index (χ1) is 7.24. The van der Waals surface area contributed by atoms with Gasteiger partial charge in [0.25, 0.3) is 0 Å². The van der Waals surface area contributed by atoms with Gasteiger partial charge in [0.1, 0.15) is 0 Å². The van der Waals surface area contributed by atoms with Crippen LogP contribution >= 0.6 is 0 Å². The first-order valence-electron chi connectivity index (χ1n) is 6.64. The van der Waals surface area contributed by atoms with Crippen molar-refractivity contribution in [3.63, 3.8) is 0 Å². The molecule has 1 aliphatic heterocycles. The van der Waals surface area contributed by atoms with Crippen LogP contribution in [0.4, 0.5) is 0 Å². The Balaban J connectivity index is 2.04. The van der Waals surface area contributed by atoms with Gasteiger partial charge < -0.3 is 10.0 Å². The number of likely N-dealkylation sites (tertiary alicyclic amines) is 1. The molecule has 0 unspecified atom stereocenters. The standard InChI is InChI=1S/C13H27NO/c1-3-4-5-6-9-14-10-7-13(8-11-14)12(2)15/h12-13,15H,3-11H2,1-2H3/t12-/m0/s1. The van der Waals surface area contributed by atoms with Gasteiger partial charge in [-0.2, -0.15) is 0 Å². The summed E-state index contributed by atoms with van der Waals surface area (Å²) in [6, 6.07) is 0. The van der Waals surface area contributed by atoms with Crippen LogP contribution in [-0.2, 0) is 0 Å². The van der Waals surface area contributed by atoms with E-state index in [1.54, 1.807) is 0 Å². The van der Waals surface area contributed by atoms with Crippen molar-refractivity contribution in [1.29, 1.82) is 0 Å². The van der Waals surface area contributed by atoms with Crippen LogP contribution in [0.25, 0.3) is 0 Å². The minimum absolute atomic E-state index is 0.104. The third-order valence-electron chi connectivity index (χ3n) is 3.64. The summed E-state index contributed by atoms with van der Waals surface area (Å²) in [5.41, 5.74) is 0. The minimum atomic E-state index is -0.104. The van der Waals surface area contributed by atoms with Gasteiger partial charge in [-0.15, -0.1) is 0 Å². The average Bonchev–Trinajstić information content (AvgIpc) is 2.25. The second-order valence-electron chi connectivity index (χ2n) is 4.98. The Hall–Kier alpha value is -0.0800. The van der Waals surface area contributed by atoms with E-state index in [0.717, 1.165) is 0 Å². The van der Waals surface area contributed by atoms with Crippen LogP contribution < -0.4 is 0 Å². The van der Waals surface area contributed by atoms with Crippen LogP contribution in [0.15, 0.2) is 0 Å². The fourth-order valence-electron chi connectivity index (χ4n) is 2.42. The molecule has 0 amide bonds. The number of hydrogen-bond donors (Lipinski definition) is 1. The molecule has 1 aliphatic rings. The first kappa shape index (κ1) is 13.0. The van der Waals surface area contributed by atoms with Crippen molar-refractivity contribution in [1.82, 2.24) is 4.90 Å². The van der Waals surface area contributed by atoms with Crippen molar-refractivity contribution in [3.05, 3.63) is 0 Å². The van der Waals surface area contributed by atoms with Crippen molar-refractivity contribution in [2.24, 2.45) is 5.92 Å². The monoisotopic (exact) mass is 213 g/mol. The van der Waals surface area contributed by atoms with E-state index in [1.165, 1.54) is 58.2 Å². The van der Waals surface area contributed by atoms with Crippen LogP contribution in [-0.4, -0.2) is 35.7 Å². The van der Waals surface area contributed by atoms with Gasteiger partial charge in [0.2, 0.25) is 0 Å². The summed E-state index contributed by atoms with van der Waals surface area (Å²) in [6.45, 7) is 7.85. The molecule has 1 saturated heterocycles. The predicted octanol–water partition coefficient (Wildman–Crippen LogP) is 2.66. The molecule has 1 N–H and O–H groups in total. The average molecular weight is 213 g/mol. The number of aliphatic hydroxyl groups is 1. The molecule has 1 fully saturated rings. The second kappa shape index (κ2) is 7.24. The highest BCUT2D eigenvalue weighted by Crippen LogP contribution is 2.20. The van der Waals surface area contributed by atoms with Gasteiger partial charge in [-0.25, -0.2) is 0 Å². The molecule has 1 atom stereocenters. The van der Waals surface area contributed by atoms with Gasteiger partial charge in [-0.1, -0.05) is 26.2 Å². The number of hydrogen-bond acceptors (Lipinski definition) is 2. The Morgan fingerprint density at radius 1 is 1.20 bits per heavy atom. The quantitative estimate of drug-likeness (QED) is 0.686. The fraction of sp³-hybridized carbons (Fsp3) is 1.00. The second-order valence-corrected chi connectivity index (χ2v) is 4.98. The molecular formula is C13H27NO. The summed E-state index contributed by atoms with van der Waals surface area (Å²) in [5, 5.41) is 9.49.